The normalized spacial score (nSPS) is 17.1. The largest absolute Gasteiger partial charge is 0.353 e. The van der Waals surface area contributed by atoms with Crippen molar-refractivity contribution < 1.29 is 9.59 Å². The van der Waals surface area contributed by atoms with Gasteiger partial charge in [-0.25, -0.2) is 0 Å². The molecule has 0 spiro atoms. The van der Waals surface area contributed by atoms with Crippen molar-refractivity contribution in [1.82, 2.24) is 20.0 Å². The SMILES string of the molecule is CC(C)NC(=O)CN1CCN(CC(=O)N(C(C)C)C(C)C)CC1. The van der Waals surface area contributed by atoms with Crippen LogP contribution in [0.3, 0.4) is 0 Å². The van der Waals surface area contributed by atoms with E-state index in [1.54, 1.807) is 0 Å². The minimum Gasteiger partial charge on any atom is -0.353 e. The second-order valence-electron chi connectivity index (χ2n) is 7.26. The number of rotatable bonds is 7. The van der Waals surface area contributed by atoms with Gasteiger partial charge in [-0.05, 0) is 41.5 Å². The lowest BCUT2D eigenvalue weighted by molar-refractivity contribution is -0.136. The van der Waals surface area contributed by atoms with Crippen molar-refractivity contribution in [3.05, 3.63) is 0 Å². The number of amides is 2. The van der Waals surface area contributed by atoms with E-state index in [-0.39, 0.29) is 29.9 Å². The molecule has 23 heavy (non-hydrogen) atoms. The Morgan fingerprint density at radius 1 is 0.870 bits per heavy atom. The van der Waals surface area contributed by atoms with Gasteiger partial charge in [0.05, 0.1) is 13.1 Å². The van der Waals surface area contributed by atoms with Crippen LogP contribution in [0.15, 0.2) is 0 Å². The molecule has 1 heterocycles. The van der Waals surface area contributed by atoms with Crippen LogP contribution in [0.25, 0.3) is 0 Å². The average molecular weight is 326 g/mol. The van der Waals surface area contributed by atoms with Gasteiger partial charge < -0.3 is 10.2 Å². The zero-order valence-electron chi connectivity index (χ0n) is 15.6. The van der Waals surface area contributed by atoms with Gasteiger partial charge in [-0.3, -0.25) is 19.4 Å². The molecule has 1 rings (SSSR count). The van der Waals surface area contributed by atoms with E-state index >= 15 is 0 Å². The van der Waals surface area contributed by atoms with Crippen LogP contribution in [0.1, 0.15) is 41.5 Å². The van der Waals surface area contributed by atoms with Gasteiger partial charge >= 0.3 is 0 Å². The lowest BCUT2D eigenvalue weighted by Crippen LogP contribution is -2.53. The van der Waals surface area contributed by atoms with E-state index in [0.29, 0.717) is 13.1 Å². The molecule has 2 amide bonds. The Morgan fingerprint density at radius 3 is 1.70 bits per heavy atom. The molecule has 0 unspecified atom stereocenters. The highest BCUT2D eigenvalue weighted by molar-refractivity contribution is 5.79. The molecule has 6 heteroatoms. The smallest absolute Gasteiger partial charge is 0.237 e. The number of piperazine rings is 1. The van der Waals surface area contributed by atoms with Crippen LogP contribution < -0.4 is 5.32 Å². The lowest BCUT2D eigenvalue weighted by atomic mass is 10.2. The van der Waals surface area contributed by atoms with Crippen LogP contribution in [0.4, 0.5) is 0 Å². The Labute approximate surface area is 141 Å². The van der Waals surface area contributed by atoms with Crippen molar-refractivity contribution in [1.29, 1.82) is 0 Å². The van der Waals surface area contributed by atoms with Crippen LogP contribution in [0, 0.1) is 0 Å². The molecule has 1 aliphatic rings. The van der Waals surface area contributed by atoms with Crippen molar-refractivity contribution >= 4 is 11.8 Å². The predicted octanol–water partition coefficient (Wildman–Crippen LogP) is 0.774. The summed E-state index contributed by atoms with van der Waals surface area (Å²) < 4.78 is 0. The van der Waals surface area contributed by atoms with Crippen molar-refractivity contribution in [3.8, 4) is 0 Å². The number of carbonyl (C=O) groups excluding carboxylic acids is 2. The molecule has 6 nitrogen and oxygen atoms in total. The molecule has 0 aromatic heterocycles. The lowest BCUT2D eigenvalue weighted by Gasteiger charge is -2.37. The first-order valence-corrected chi connectivity index (χ1v) is 8.76. The second kappa shape index (κ2) is 9.23. The molecule has 1 aliphatic heterocycles. The first-order chi connectivity index (χ1) is 10.7. The highest BCUT2D eigenvalue weighted by Crippen LogP contribution is 2.08. The highest BCUT2D eigenvalue weighted by Gasteiger charge is 2.25. The van der Waals surface area contributed by atoms with Crippen molar-refractivity contribution in [2.45, 2.75) is 59.7 Å². The summed E-state index contributed by atoms with van der Waals surface area (Å²) in [6, 6.07) is 0.631. The van der Waals surface area contributed by atoms with E-state index in [1.165, 1.54) is 0 Å². The zero-order valence-corrected chi connectivity index (χ0v) is 15.6. The maximum Gasteiger partial charge on any atom is 0.237 e. The Balaban J connectivity index is 2.39. The van der Waals surface area contributed by atoms with Crippen molar-refractivity contribution in [2.75, 3.05) is 39.3 Å². The van der Waals surface area contributed by atoms with Crippen molar-refractivity contribution in [3.63, 3.8) is 0 Å². The molecule has 0 atom stereocenters. The van der Waals surface area contributed by atoms with E-state index in [1.807, 2.05) is 18.7 Å². The molecule has 0 aliphatic carbocycles. The number of hydrogen-bond acceptors (Lipinski definition) is 4. The van der Waals surface area contributed by atoms with Crippen LogP contribution in [0.2, 0.25) is 0 Å². The summed E-state index contributed by atoms with van der Waals surface area (Å²) in [6.07, 6.45) is 0. The van der Waals surface area contributed by atoms with Crippen LogP contribution >= 0.6 is 0 Å². The summed E-state index contributed by atoms with van der Waals surface area (Å²) in [5, 5.41) is 2.92. The Hall–Kier alpha value is -1.14. The van der Waals surface area contributed by atoms with Crippen LogP contribution in [-0.4, -0.2) is 83.9 Å². The van der Waals surface area contributed by atoms with Gasteiger partial charge in [0, 0.05) is 44.3 Å². The zero-order chi connectivity index (χ0) is 17.6. The third-order valence-electron chi connectivity index (χ3n) is 4.04. The number of carbonyl (C=O) groups is 2. The Bertz CT molecular complexity index is 380. The highest BCUT2D eigenvalue weighted by atomic mass is 16.2. The van der Waals surface area contributed by atoms with E-state index in [2.05, 4.69) is 42.8 Å². The first-order valence-electron chi connectivity index (χ1n) is 8.76. The van der Waals surface area contributed by atoms with E-state index in [0.717, 1.165) is 26.2 Å². The molecule has 0 bridgehead atoms. The summed E-state index contributed by atoms with van der Waals surface area (Å²) in [4.78, 5) is 30.6. The summed E-state index contributed by atoms with van der Waals surface area (Å²) in [7, 11) is 0. The number of nitrogens with one attached hydrogen (secondary N) is 1. The fourth-order valence-corrected chi connectivity index (χ4v) is 3.12. The minimum atomic E-state index is 0.0790. The molecule has 1 fully saturated rings. The molecule has 0 aromatic rings. The standard InChI is InChI=1S/C17H34N4O2/c1-13(2)18-16(22)11-19-7-9-20(10-8-19)12-17(23)21(14(3)4)15(5)6/h13-15H,7-12H2,1-6H3,(H,18,22). The summed E-state index contributed by atoms with van der Waals surface area (Å²) >= 11 is 0. The van der Waals surface area contributed by atoms with E-state index in [4.69, 9.17) is 0 Å². The third-order valence-corrected chi connectivity index (χ3v) is 4.04. The molecule has 1 N–H and O–H groups in total. The van der Waals surface area contributed by atoms with Gasteiger partial charge in [0.15, 0.2) is 0 Å². The summed E-state index contributed by atoms with van der Waals surface area (Å²) in [5.74, 6) is 0.274. The van der Waals surface area contributed by atoms with Gasteiger partial charge in [-0.2, -0.15) is 0 Å². The first kappa shape index (κ1) is 19.9. The van der Waals surface area contributed by atoms with Gasteiger partial charge in [0.1, 0.15) is 0 Å². The molecule has 134 valence electrons. The van der Waals surface area contributed by atoms with Crippen LogP contribution in [0.5, 0.6) is 0 Å². The van der Waals surface area contributed by atoms with Gasteiger partial charge in [0.25, 0.3) is 0 Å². The fraction of sp³-hybridized carbons (Fsp3) is 0.882. The molecule has 0 radical (unpaired) electrons. The molecular formula is C17H34N4O2. The number of hydrogen-bond donors (Lipinski definition) is 1. The van der Waals surface area contributed by atoms with Crippen molar-refractivity contribution in [2.24, 2.45) is 0 Å². The second-order valence-corrected chi connectivity index (χ2v) is 7.26. The van der Waals surface area contributed by atoms with Crippen LogP contribution in [-0.2, 0) is 9.59 Å². The number of nitrogens with zero attached hydrogens (tertiary/aromatic N) is 3. The Kier molecular flexibility index (Phi) is 7.99. The van der Waals surface area contributed by atoms with E-state index < -0.39 is 0 Å². The molecular weight excluding hydrogens is 292 g/mol. The topological polar surface area (TPSA) is 55.9 Å². The molecule has 0 saturated carbocycles. The fourth-order valence-electron chi connectivity index (χ4n) is 3.12. The van der Waals surface area contributed by atoms with Gasteiger partial charge in [0.2, 0.25) is 11.8 Å². The summed E-state index contributed by atoms with van der Waals surface area (Å²) in [5.41, 5.74) is 0. The quantitative estimate of drug-likeness (QED) is 0.751. The van der Waals surface area contributed by atoms with E-state index in [9.17, 15) is 9.59 Å². The maximum atomic E-state index is 12.5. The predicted molar refractivity (Wildman–Crippen MR) is 93.3 cm³/mol. The average Bonchev–Trinajstić information content (AvgIpc) is 2.39. The minimum absolute atomic E-state index is 0.0790. The monoisotopic (exact) mass is 326 g/mol. The third kappa shape index (κ3) is 6.87. The van der Waals surface area contributed by atoms with Gasteiger partial charge in [-0.15, -0.1) is 0 Å². The molecule has 1 saturated heterocycles. The molecule has 0 aromatic carbocycles. The summed E-state index contributed by atoms with van der Waals surface area (Å²) in [6.45, 7) is 16.4. The van der Waals surface area contributed by atoms with Gasteiger partial charge in [-0.1, -0.05) is 0 Å². The Morgan fingerprint density at radius 2 is 1.30 bits per heavy atom. The maximum absolute atomic E-state index is 12.5.